The summed E-state index contributed by atoms with van der Waals surface area (Å²) in [5.74, 6) is 0.597. The Bertz CT molecular complexity index is 897. The molecular formula is C27H33NO2. The number of amides is 2. The molecule has 0 radical (unpaired) electrons. The SMILES string of the molecule is C1=CCC1.CC(C)C(C)(C)C(C)c1ccc(CN2C(=O)c3ccccc3C2=O)cc1. The van der Waals surface area contributed by atoms with E-state index in [2.05, 4.69) is 58.9 Å². The van der Waals surface area contributed by atoms with Gasteiger partial charge in [-0.05, 0) is 53.4 Å². The predicted octanol–water partition coefficient (Wildman–Crippen LogP) is 6.60. The monoisotopic (exact) mass is 403 g/mol. The Morgan fingerprint density at radius 1 is 0.833 bits per heavy atom. The second kappa shape index (κ2) is 8.99. The van der Waals surface area contributed by atoms with E-state index in [1.165, 1.54) is 23.3 Å². The van der Waals surface area contributed by atoms with Gasteiger partial charge in [-0.25, -0.2) is 0 Å². The molecule has 3 nitrogen and oxygen atoms in total. The molecule has 30 heavy (non-hydrogen) atoms. The molecule has 4 rings (SSSR count). The zero-order valence-corrected chi connectivity index (χ0v) is 18.8. The molecule has 2 aromatic rings. The molecule has 0 bridgehead atoms. The van der Waals surface area contributed by atoms with Crippen molar-refractivity contribution in [1.82, 2.24) is 4.90 Å². The molecule has 3 heteroatoms. The van der Waals surface area contributed by atoms with E-state index < -0.39 is 0 Å². The molecule has 1 aliphatic carbocycles. The fraction of sp³-hybridized carbons (Fsp3) is 0.407. The zero-order valence-electron chi connectivity index (χ0n) is 18.8. The Balaban J connectivity index is 0.000000572. The highest BCUT2D eigenvalue weighted by molar-refractivity contribution is 6.21. The molecule has 0 N–H and O–H groups in total. The average Bonchev–Trinajstić information content (AvgIpc) is 2.92. The summed E-state index contributed by atoms with van der Waals surface area (Å²) in [4.78, 5) is 26.3. The van der Waals surface area contributed by atoms with Crippen LogP contribution in [0.5, 0.6) is 0 Å². The predicted molar refractivity (Wildman–Crippen MR) is 122 cm³/mol. The van der Waals surface area contributed by atoms with Gasteiger partial charge >= 0.3 is 0 Å². The minimum absolute atomic E-state index is 0.198. The molecule has 158 valence electrons. The third-order valence-electron chi connectivity index (χ3n) is 6.97. The lowest BCUT2D eigenvalue weighted by Gasteiger charge is -2.36. The van der Waals surface area contributed by atoms with Gasteiger partial charge in [0.15, 0.2) is 0 Å². The van der Waals surface area contributed by atoms with Crippen molar-refractivity contribution in [3.8, 4) is 0 Å². The van der Waals surface area contributed by atoms with Crippen molar-refractivity contribution in [3.63, 3.8) is 0 Å². The number of imide groups is 1. The van der Waals surface area contributed by atoms with E-state index in [-0.39, 0.29) is 17.2 Å². The van der Waals surface area contributed by atoms with E-state index in [9.17, 15) is 9.59 Å². The van der Waals surface area contributed by atoms with E-state index in [0.717, 1.165) is 5.56 Å². The number of fused-ring (bicyclic) bond motifs is 1. The smallest absolute Gasteiger partial charge is 0.261 e. The summed E-state index contributed by atoms with van der Waals surface area (Å²) in [6.45, 7) is 11.7. The number of carbonyl (C=O) groups is 2. The lowest BCUT2D eigenvalue weighted by Crippen LogP contribution is -2.29. The van der Waals surface area contributed by atoms with Gasteiger partial charge in [0.05, 0.1) is 17.7 Å². The van der Waals surface area contributed by atoms with Crippen molar-refractivity contribution in [3.05, 3.63) is 82.9 Å². The van der Waals surface area contributed by atoms with Crippen LogP contribution >= 0.6 is 0 Å². The van der Waals surface area contributed by atoms with Crippen molar-refractivity contribution in [1.29, 1.82) is 0 Å². The van der Waals surface area contributed by atoms with Crippen LogP contribution in [-0.4, -0.2) is 16.7 Å². The lowest BCUT2D eigenvalue weighted by molar-refractivity contribution is 0.0642. The van der Waals surface area contributed by atoms with Gasteiger partial charge < -0.3 is 0 Å². The highest BCUT2D eigenvalue weighted by Gasteiger charge is 2.35. The first kappa shape index (κ1) is 22.0. The molecule has 0 saturated carbocycles. The molecule has 2 aromatic carbocycles. The van der Waals surface area contributed by atoms with Crippen LogP contribution in [0.4, 0.5) is 0 Å². The van der Waals surface area contributed by atoms with Crippen LogP contribution in [0.3, 0.4) is 0 Å². The van der Waals surface area contributed by atoms with Crippen LogP contribution in [0.25, 0.3) is 0 Å². The van der Waals surface area contributed by atoms with Crippen molar-refractivity contribution in [2.75, 3.05) is 0 Å². The Kier molecular flexibility index (Phi) is 6.60. The minimum Gasteiger partial charge on any atom is -0.270 e. The van der Waals surface area contributed by atoms with Gasteiger partial charge in [-0.15, -0.1) is 0 Å². The molecule has 1 atom stereocenters. The summed E-state index contributed by atoms with van der Waals surface area (Å²) in [7, 11) is 0. The summed E-state index contributed by atoms with van der Waals surface area (Å²) in [6, 6.07) is 15.3. The first-order valence-electron chi connectivity index (χ1n) is 10.9. The molecule has 1 heterocycles. The molecule has 0 fully saturated rings. The second-order valence-corrected chi connectivity index (χ2v) is 9.23. The molecule has 0 aromatic heterocycles. The van der Waals surface area contributed by atoms with Crippen LogP contribution in [0.15, 0.2) is 60.7 Å². The van der Waals surface area contributed by atoms with Crippen LogP contribution in [0, 0.1) is 11.3 Å². The van der Waals surface area contributed by atoms with Gasteiger partial charge in [-0.1, -0.05) is 83.2 Å². The highest BCUT2D eigenvalue weighted by atomic mass is 16.2. The van der Waals surface area contributed by atoms with Crippen LogP contribution in [0.2, 0.25) is 0 Å². The number of allylic oxidation sites excluding steroid dienone is 2. The van der Waals surface area contributed by atoms with Crippen molar-refractivity contribution < 1.29 is 9.59 Å². The van der Waals surface area contributed by atoms with E-state index in [4.69, 9.17) is 0 Å². The largest absolute Gasteiger partial charge is 0.270 e. The van der Waals surface area contributed by atoms with Crippen molar-refractivity contribution in [2.24, 2.45) is 11.3 Å². The summed E-state index contributed by atoms with van der Waals surface area (Å²) < 4.78 is 0. The fourth-order valence-corrected chi connectivity index (χ4v) is 3.57. The number of carbonyl (C=O) groups excluding carboxylic acids is 2. The number of rotatable bonds is 5. The maximum absolute atomic E-state index is 12.5. The molecule has 2 amide bonds. The molecule has 2 aliphatic rings. The zero-order chi connectivity index (χ0) is 21.9. The fourth-order valence-electron chi connectivity index (χ4n) is 3.57. The Hall–Kier alpha value is -2.68. The van der Waals surface area contributed by atoms with E-state index in [1.807, 2.05) is 12.1 Å². The Morgan fingerprint density at radius 2 is 1.30 bits per heavy atom. The molecule has 0 saturated heterocycles. The second-order valence-electron chi connectivity index (χ2n) is 9.23. The molecule has 1 unspecified atom stereocenters. The van der Waals surface area contributed by atoms with E-state index in [1.54, 1.807) is 24.3 Å². The van der Waals surface area contributed by atoms with Gasteiger partial charge in [0.2, 0.25) is 0 Å². The summed E-state index contributed by atoms with van der Waals surface area (Å²) >= 11 is 0. The Morgan fingerprint density at radius 3 is 1.70 bits per heavy atom. The number of hydrogen-bond acceptors (Lipinski definition) is 2. The van der Waals surface area contributed by atoms with Crippen molar-refractivity contribution >= 4 is 11.8 Å². The van der Waals surface area contributed by atoms with E-state index in [0.29, 0.717) is 29.5 Å². The third kappa shape index (κ3) is 4.40. The standard InChI is InChI=1S/C23H27NO2.C4H6/c1-15(2)23(4,5)16(3)18-12-10-17(11-13-18)14-24-21(25)19-8-6-7-9-20(19)22(24)26;1-2-4-3-1/h6-13,15-16H,14H2,1-5H3;1-2H,3-4H2. The van der Waals surface area contributed by atoms with Crippen LogP contribution < -0.4 is 0 Å². The molecular weight excluding hydrogens is 370 g/mol. The Labute approximate surface area is 180 Å². The first-order chi connectivity index (χ1) is 14.2. The quantitative estimate of drug-likeness (QED) is 0.416. The summed E-state index contributed by atoms with van der Waals surface area (Å²) in [6.07, 6.45) is 7.00. The van der Waals surface area contributed by atoms with Gasteiger partial charge in [-0.3, -0.25) is 14.5 Å². The average molecular weight is 404 g/mol. The summed E-state index contributed by atoms with van der Waals surface area (Å²) in [5, 5.41) is 0. The minimum atomic E-state index is -0.205. The third-order valence-corrected chi connectivity index (χ3v) is 6.97. The first-order valence-corrected chi connectivity index (χ1v) is 10.9. The van der Waals surface area contributed by atoms with E-state index >= 15 is 0 Å². The van der Waals surface area contributed by atoms with Crippen LogP contribution in [0.1, 0.15) is 85.2 Å². The molecule has 1 aliphatic heterocycles. The van der Waals surface area contributed by atoms with Gasteiger partial charge in [0.1, 0.15) is 0 Å². The van der Waals surface area contributed by atoms with Gasteiger partial charge in [0, 0.05) is 0 Å². The van der Waals surface area contributed by atoms with Gasteiger partial charge in [-0.2, -0.15) is 0 Å². The number of nitrogens with zero attached hydrogens (tertiary/aromatic N) is 1. The maximum atomic E-state index is 12.5. The lowest BCUT2D eigenvalue weighted by atomic mass is 9.69. The highest BCUT2D eigenvalue weighted by Crippen LogP contribution is 2.41. The number of benzene rings is 2. The maximum Gasteiger partial charge on any atom is 0.261 e. The normalized spacial score (nSPS) is 16.1. The number of hydrogen-bond donors (Lipinski definition) is 0. The van der Waals surface area contributed by atoms with Crippen LogP contribution in [-0.2, 0) is 6.54 Å². The molecule has 0 spiro atoms. The van der Waals surface area contributed by atoms with Crippen molar-refractivity contribution in [2.45, 2.75) is 59.9 Å². The summed E-state index contributed by atoms with van der Waals surface area (Å²) in [5.41, 5.74) is 3.46. The topological polar surface area (TPSA) is 37.4 Å². The van der Waals surface area contributed by atoms with Gasteiger partial charge in [0.25, 0.3) is 11.8 Å².